The molecule has 0 saturated heterocycles. The largest absolute Gasteiger partial charge is 0.304 e. The molecular weight excluding hydrogens is 158 g/mol. The zero-order chi connectivity index (χ0) is 7.61. The van der Waals surface area contributed by atoms with Crippen LogP contribution in [0.1, 0.15) is 39.0 Å². The predicted molar refractivity (Wildman–Crippen MR) is 52.4 cm³/mol. The molecular formula is C9H20ClN. The molecule has 0 amide bonds. The van der Waals surface area contributed by atoms with Crippen molar-refractivity contribution in [2.24, 2.45) is 0 Å². The number of rotatable bonds is 1. The second-order valence-corrected chi connectivity index (χ2v) is 3.95. The third-order valence-corrected chi connectivity index (χ3v) is 3.01. The minimum absolute atomic E-state index is 0. The summed E-state index contributed by atoms with van der Waals surface area (Å²) in [7, 11) is 4.40. The zero-order valence-electron chi connectivity index (χ0n) is 7.89. The van der Waals surface area contributed by atoms with Crippen LogP contribution >= 0.6 is 12.4 Å². The first-order valence-corrected chi connectivity index (χ1v) is 4.33. The van der Waals surface area contributed by atoms with Crippen LogP contribution in [0.2, 0.25) is 0 Å². The molecule has 11 heavy (non-hydrogen) atoms. The molecule has 1 rings (SSSR count). The maximum atomic E-state index is 2.38. The minimum Gasteiger partial charge on any atom is -0.304 e. The van der Waals surface area contributed by atoms with Gasteiger partial charge in [-0.1, -0.05) is 19.3 Å². The first kappa shape index (κ1) is 11.2. The van der Waals surface area contributed by atoms with E-state index in [1.54, 1.807) is 0 Å². The van der Waals surface area contributed by atoms with Gasteiger partial charge in [0.1, 0.15) is 0 Å². The molecule has 0 aromatic carbocycles. The highest BCUT2D eigenvalue weighted by atomic mass is 35.5. The van der Waals surface area contributed by atoms with Crippen molar-refractivity contribution in [2.75, 3.05) is 14.1 Å². The SMILES string of the molecule is CN(C)C1(C)CCCCC1.Cl. The summed E-state index contributed by atoms with van der Waals surface area (Å²) in [4.78, 5) is 2.38. The summed E-state index contributed by atoms with van der Waals surface area (Å²) in [5, 5.41) is 0. The van der Waals surface area contributed by atoms with Crippen LogP contribution in [0.25, 0.3) is 0 Å². The average molecular weight is 178 g/mol. The van der Waals surface area contributed by atoms with Crippen molar-refractivity contribution in [1.82, 2.24) is 4.90 Å². The summed E-state index contributed by atoms with van der Waals surface area (Å²) < 4.78 is 0. The molecule has 0 aromatic heterocycles. The van der Waals surface area contributed by atoms with Gasteiger partial charge in [0.25, 0.3) is 0 Å². The lowest BCUT2D eigenvalue weighted by Crippen LogP contribution is -2.42. The van der Waals surface area contributed by atoms with Crippen LogP contribution in [0.4, 0.5) is 0 Å². The lowest BCUT2D eigenvalue weighted by atomic mass is 9.82. The lowest BCUT2D eigenvalue weighted by molar-refractivity contribution is 0.120. The Balaban J connectivity index is 0.000001000. The fourth-order valence-corrected chi connectivity index (χ4v) is 1.76. The van der Waals surface area contributed by atoms with Crippen LogP contribution in [0, 0.1) is 0 Å². The molecule has 0 aliphatic heterocycles. The standard InChI is InChI=1S/C9H19N.ClH/c1-9(10(2)3)7-5-4-6-8-9;/h4-8H2,1-3H3;1H. The second kappa shape index (κ2) is 4.32. The molecule has 1 aliphatic rings. The molecule has 0 N–H and O–H groups in total. The summed E-state index contributed by atoms with van der Waals surface area (Å²) in [6.45, 7) is 2.38. The van der Waals surface area contributed by atoms with E-state index in [0.29, 0.717) is 5.54 Å². The molecule has 0 unspecified atom stereocenters. The van der Waals surface area contributed by atoms with Gasteiger partial charge in [-0.25, -0.2) is 0 Å². The summed E-state index contributed by atoms with van der Waals surface area (Å²) in [6, 6.07) is 0. The molecule has 0 spiro atoms. The topological polar surface area (TPSA) is 3.24 Å². The highest BCUT2D eigenvalue weighted by Crippen LogP contribution is 2.31. The number of hydrogen-bond donors (Lipinski definition) is 0. The van der Waals surface area contributed by atoms with E-state index in [-0.39, 0.29) is 12.4 Å². The maximum Gasteiger partial charge on any atom is 0.0175 e. The Morgan fingerprint density at radius 1 is 1.00 bits per heavy atom. The van der Waals surface area contributed by atoms with Crippen molar-refractivity contribution in [3.63, 3.8) is 0 Å². The van der Waals surface area contributed by atoms with Crippen molar-refractivity contribution < 1.29 is 0 Å². The normalized spacial score (nSPS) is 22.9. The molecule has 1 nitrogen and oxygen atoms in total. The molecule has 0 bridgehead atoms. The second-order valence-electron chi connectivity index (χ2n) is 3.95. The molecule has 0 aromatic rings. The van der Waals surface area contributed by atoms with Crippen LogP contribution in [0.15, 0.2) is 0 Å². The van der Waals surface area contributed by atoms with Gasteiger partial charge in [-0.05, 0) is 33.9 Å². The fourth-order valence-electron chi connectivity index (χ4n) is 1.76. The summed E-state index contributed by atoms with van der Waals surface area (Å²) >= 11 is 0. The number of halogens is 1. The van der Waals surface area contributed by atoms with Gasteiger partial charge in [-0.2, -0.15) is 0 Å². The Hall–Kier alpha value is 0.250. The maximum absolute atomic E-state index is 2.38. The smallest absolute Gasteiger partial charge is 0.0175 e. The highest BCUT2D eigenvalue weighted by Gasteiger charge is 2.28. The number of nitrogens with zero attached hydrogens (tertiary/aromatic N) is 1. The van der Waals surface area contributed by atoms with E-state index in [2.05, 4.69) is 25.9 Å². The Bertz CT molecular complexity index is 106. The molecule has 0 heterocycles. The van der Waals surface area contributed by atoms with Gasteiger partial charge in [-0.15, -0.1) is 12.4 Å². The Morgan fingerprint density at radius 2 is 1.45 bits per heavy atom. The van der Waals surface area contributed by atoms with Gasteiger partial charge in [0, 0.05) is 5.54 Å². The van der Waals surface area contributed by atoms with Gasteiger partial charge in [0.05, 0.1) is 0 Å². The lowest BCUT2D eigenvalue weighted by Gasteiger charge is -2.39. The van der Waals surface area contributed by atoms with E-state index < -0.39 is 0 Å². The average Bonchev–Trinajstić information content (AvgIpc) is 1.89. The molecule has 0 radical (unpaired) electrons. The molecule has 2 heteroatoms. The van der Waals surface area contributed by atoms with Gasteiger partial charge in [-0.3, -0.25) is 0 Å². The molecule has 68 valence electrons. The number of hydrogen-bond acceptors (Lipinski definition) is 1. The van der Waals surface area contributed by atoms with E-state index in [0.717, 1.165) is 0 Å². The fraction of sp³-hybridized carbons (Fsp3) is 1.00. The van der Waals surface area contributed by atoms with Gasteiger partial charge in [0.15, 0.2) is 0 Å². The third kappa shape index (κ3) is 2.64. The highest BCUT2D eigenvalue weighted by molar-refractivity contribution is 5.85. The monoisotopic (exact) mass is 177 g/mol. The van der Waals surface area contributed by atoms with E-state index in [1.807, 2.05) is 0 Å². The quantitative estimate of drug-likeness (QED) is 0.596. The Kier molecular flexibility index (Phi) is 4.42. The first-order valence-electron chi connectivity index (χ1n) is 4.33. The summed E-state index contributed by atoms with van der Waals surface area (Å²) in [5.41, 5.74) is 0.512. The molecule has 1 saturated carbocycles. The van der Waals surface area contributed by atoms with E-state index >= 15 is 0 Å². The molecule has 1 fully saturated rings. The zero-order valence-corrected chi connectivity index (χ0v) is 8.71. The minimum atomic E-state index is 0. The van der Waals surface area contributed by atoms with Crippen LogP contribution in [-0.2, 0) is 0 Å². The Labute approximate surface area is 76.6 Å². The van der Waals surface area contributed by atoms with Crippen LogP contribution in [0.5, 0.6) is 0 Å². The summed E-state index contributed by atoms with van der Waals surface area (Å²) in [6.07, 6.45) is 7.08. The molecule has 0 atom stereocenters. The third-order valence-electron chi connectivity index (χ3n) is 3.01. The molecule has 1 aliphatic carbocycles. The van der Waals surface area contributed by atoms with E-state index in [9.17, 15) is 0 Å². The van der Waals surface area contributed by atoms with Crippen LogP contribution in [0.3, 0.4) is 0 Å². The first-order chi connectivity index (χ1) is 4.65. The van der Waals surface area contributed by atoms with Crippen molar-refractivity contribution in [1.29, 1.82) is 0 Å². The van der Waals surface area contributed by atoms with Crippen LogP contribution < -0.4 is 0 Å². The van der Waals surface area contributed by atoms with Crippen LogP contribution in [-0.4, -0.2) is 24.5 Å². The van der Waals surface area contributed by atoms with Crippen molar-refractivity contribution in [2.45, 2.75) is 44.6 Å². The predicted octanol–water partition coefficient (Wildman–Crippen LogP) is 2.69. The van der Waals surface area contributed by atoms with Crippen molar-refractivity contribution >= 4 is 12.4 Å². The summed E-state index contributed by atoms with van der Waals surface area (Å²) in [5.74, 6) is 0. The van der Waals surface area contributed by atoms with Crippen molar-refractivity contribution in [3.8, 4) is 0 Å². The van der Waals surface area contributed by atoms with Gasteiger partial charge >= 0.3 is 0 Å². The van der Waals surface area contributed by atoms with E-state index in [1.165, 1.54) is 32.1 Å². The van der Waals surface area contributed by atoms with Gasteiger partial charge in [0.2, 0.25) is 0 Å². The van der Waals surface area contributed by atoms with Gasteiger partial charge < -0.3 is 4.90 Å². The Morgan fingerprint density at radius 3 is 1.73 bits per heavy atom. The van der Waals surface area contributed by atoms with Crippen molar-refractivity contribution in [3.05, 3.63) is 0 Å². The van der Waals surface area contributed by atoms with E-state index in [4.69, 9.17) is 0 Å².